The van der Waals surface area contributed by atoms with Crippen molar-refractivity contribution in [3.63, 3.8) is 0 Å². The number of anilines is 2. The summed E-state index contributed by atoms with van der Waals surface area (Å²) in [6.07, 6.45) is 11.3. The zero-order valence-electron chi connectivity index (χ0n) is 28.0. The summed E-state index contributed by atoms with van der Waals surface area (Å²) >= 11 is 0. The lowest BCUT2D eigenvalue weighted by molar-refractivity contribution is -0.145. The van der Waals surface area contributed by atoms with E-state index in [2.05, 4.69) is 0 Å². The van der Waals surface area contributed by atoms with Crippen LogP contribution < -0.4 is 14.5 Å². The van der Waals surface area contributed by atoms with Gasteiger partial charge in [-0.05, 0) is 81.5 Å². The molecule has 3 amide bonds. The van der Waals surface area contributed by atoms with Crippen LogP contribution in [0.1, 0.15) is 57.1 Å². The van der Waals surface area contributed by atoms with Gasteiger partial charge in [-0.25, -0.2) is 0 Å². The minimum atomic E-state index is -1.31. The SMILES string of the molecule is CCOc1ccc(N2CC=C[C@@]3(CC)O[C@]45C=CCN(c6cc(C)ccc6C)C(=O)C4N(CCCCCCO)C(=O)[C@@H]5[C@H]3C2=O)cc1. The number of benzene rings is 2. The molecule has 9 nitrogen and oxygen atoms in total. The molecule has 1 unspecified atom stereocenters. The zero-order valence-corrected chi connectivity index (χ0v) is 28.0. The molecule has 4 aliphatic heterocycles. The van der Waals surface area contributed by atoms with Crippen molar-refractivity contribution in [3.8, 4) is 5.75 Å². The summed E-state index contributed by atoms with van der Waals surface area (Å²) < 4.78 is 12.8. The summed E-state index contributed by atoms with van der Waals surface area (Å²) in [7, 11) is 0. The van der Waals surface area contributed by atoms with Gasteiger partial charge in [0.1, 0.15) is 17.4 Å². The van der Waals surface area contributed by atoms with Gasteiger partial charge in [0.2, 0.25) is 11.8 Å². The predicted molar refractivity (Wildman–Crippen MR) is 181 cm³/mol. The van der Waals surface area contributed by atoms with Crippen LogP contribution in [-0.4, -0.2) is 77.8 Å². The molecule has 47 heavy (non-hydrogen) atoms. The van der Waals surface area contributed by atoms with Crippen molar-refractivity contribution < 1.29 is 29.0 Å². The van der Waals surface area contributed by atoms with Crippen molar-refractivity contribution in [1.29, 1.82) is 0 Å². The maximum absolute atomic E-state index is 14.9. The second-order valence-electron chi connectivity index (χ2n) is 13.2. The van der Waals surface area contributed by atoms with Crippen LogP contribution in [0.4, 0.5) is 11.4 Å². The second kappa shape index (κ2) is 13.3. The van der Waals surface area contributed by atoms with E-state index in [0.717, 1.165) is 35.4 Å². The number of hydrogen-bond donors (Lipinski definition) is 1. The van der Waals surface area contributed by atoms with Gasteiger partial charge >= 0.3 is 0 Å². The summed E-state index contributed by atoms with van der Waals surface area (Å²) in [5, 5.41) is 9.29. The number of ether oxygens (including phenoxy) is 2. The lowest BCUT2D eigenvalue weighted by Gasteiger charge is -2.38. The number of nitrogens with zero attached hydrogens (tertiary/aromatic N) is 3. The molecule has 0 saturated carbocycles. The molecular weight excluding hydrogens is 594 g/mol. The number of hydrogen-bond acceptors (Lipinski definition) is 6. The molecule has 4 heterocycles. The van der Waals surface area contributed by atoms with E-state index in [1.165, 1.54) is 0 Å². The molecule has 5 atom stereocenters. The molecule has 2 saturated heterocycles. The van der Waals surface area contributed by atoms with E-state index in [9.17, 15) is 19.5 Å². The second-order valence-corrected chi connectivity index (χ2v) is 13.2. The van der Waals surface area contributed by atoms with Gasteiger partial charge in [0.05, 0.1) is 24.0 Å². The Kier molecular flexibility index (Phi) is 9.31. The lowest BCUT2D eigenvalue weighted by Crippen LogP contribution is -2.56. The number of amides is 3. The average molecular weight is 642 g/mol. The summed E-state index contributed by atoms with van der Waals surface area (Å²) in [6.45, 7) is 9.62. The number of likely N-dealkylation sites (tertiary alicyclic amines) is 1. The van der Waals surface area contributed by atoms with E-state index in [1.807, 2.05) is 94.5 Å². The smallest absolute Gasteiger partial charge is 0.253 e. The van der Waals surface area contributed by atoms with Crippen LogP contribution in [-0.2, 0) is 19.1 Å². The first-order valence-electron chi connectivity index (χ1n) is 17.1. The van der Waals surface area contributed by atoms with Crippen LogP contribution in [0.25, 0.3) is 0 Å². The molecule has 1 spiro atoms. The largest absolute Gasteiger partial charge is 0.494 e. The minimum absolute atomic E-state index is 0.125. The first-order chi connectivity index (χ1) is 22.7. The molecule has 0 radical (unpaired) electrons. The first kappa shape index (κ1) is 33.0. The maximum Gasteiger partial charge on any atom is 0.253 e. The third-order valence-corrected chi connectivity index (χ3v) is 10.4. The van der Waals surface area contributed by atoms with Gasteiger partial charge in [-0.15, -0.1) is 0 Å². The lowest BCUT2D eigenvalue weighted by atomic mass is 9.73. The van der Waals surface area contributed by atoms with E-state index in [0.29, 0.717) is 51.2 Å². The van der Waals surface area contributed by atoms with Gasteiger partial charge in [0.25, 0.3) is 5.91 Å². The van der Waals surface area contributed by atoms with Gasteiger partial charge in [-0.1, -0.05) is 56.2 Å². The van der Waals surface area contributed by atoms with E-state index in [-0.39, 0.29) is 24.3 Å². The van der Waals surface area contributed by atoms with Crippen molar-refractivity contribution in [2.24, 2.45) is 11.8 Å². The average Bonchev–Trinajstić information content (AvgIpc) is 3.35. The highest BCUT2D eigenvalue weighted by Gasteiger charge is 2.75. The normalized spacial score (nSPS) is 28.3. The Balaban J connectivity index is 1.43. The molecule has 2 fully saturated rings. The number of rotatable bonds is 11. The summed E-state index contributed by atoms with van der Waals surface area (Å²) in [5.41, 5.74) is 1.17. The molecular formula is C38H47N3O6. The highest BCUT2D eigenvalue weighted by Crippen LogP contribution is 2.59. The summed E-state index contributed by atoms with van der Waals surface area (Å²) in [4.78, 5) is 49.7. The molecule has 4 aliphatic rings. The Morgan fingerprint density at radius 3 is 2.30 bits per heavy atom. The highest BCUT2D eigenvalue weighted by molar-refractivity contribution is 6.08. The molecule has 0 aliphatic carbocycles. The number of aryl methyl sites for hydroxylation is 2. The van der Waals surface area contributed by atoms with Crippen molar-refractivity contribution in [3.05, 3.63) is 77.9 Å². The molecule has 250 valence electrons. The number of fused-ring (bicyclic) bond motifs is 2. The van der Waals surface area contributed by atoms with Crippen LogP contribution >= 0.6 is 0 Å². The molecule has 9 heteroatoms. The number of aliphatic hydroxyl groups excluding tert-OH is 1. The van der Waals surface area contributed by atoms with Crippen molar-refractivity contribution in [1.82, 2.24) is 4.90 Å². The third kappa shape index (κ3) is 5.57. The standard InChI is InChI=1S/C38H47N3O6/c1-5-37-19-11-22-39(28-15-17-29(18-16-28)46-6-2)34(43)31(37)32-35(44)41(21-9-7-8-10-24-42)33-36(45)40(23-12-20-38(32,33)47-37)30-25-26(3)13-14-27(30)4/h11-20,25,31-33,42H,5-10,21-24H2,1-4H3/t31-,32-,33?,37+,38-/m0/s1. The van der Waals surface area contributed by atoms with Crippen molar-refractivity contribution in [2.45, 2.75) is 77.0 Å². The fourth-order valence-corrected chi connectivity index (χ4v) is 8.10. The number of carbonyl (C=O) groups excluding carboxylic acids is 3. The van der Waals surface area contributed by atoms with Crippen LogP contribution in [0.2, 0.25) is 0 Å². The van der Waals surface area contributed by atoms with Gasteiger partial charge < -0.3 is 29.3 Å². The van der Waals surface area contributed by atoms with Crippen molar-refractivity contribution >= 4 is 29.1 Å². The fraction of sp³-hybridized carbons (Fsp3) is 0.500. The van der Waals surface area contributed by atoms with E-state index in [4.69, 9.17) is 9.47 Å². The Morgan fingerprint density at radius 1 is 0.851 bits per heavy atom. The number of carbonyl (C=O) groups is 3. The van der Waals surface area contributed by atoms with Gasteiger partial charge in [0, 0.05) is 37.6 Å². The third-order valence-electron chi connectivity index (χ3n) is 10.4. The van der Waals surface area contributed by atoms with Crippen molar-refractivity contribution in [2.75, 3.05) is 42.6 Å². The molecule has 6 rings (SSSR count). The number of aliphatic hydroxyl groups is 1. The van der Waals surface area contributed by atoms with Crippen LogP contribution in [0.3, 0.4) is 0 Å². The van der Waals surface area contributed by atoms with E-state index in [1.54, 1.807) is 14.7 Å². The monoisotopic (exact) mass is 641 g/mol. The Hall–Kier alpha value is -3.95. The maximum atomic E-state index is 14.9. The summed E-state index contributed by atoms with van der Waals surface area (Å²) in [5.74, 6) is -1.57. The van der Waals surface area contributed by atoms with Gasteiger partial charge in [-0.3, -0.25) is 14.4 Å². The molecule has 0 bridgehead atoms. The molecule has 0 aromatic heterocycles. The molecule has 2 aromatic carbocycles. The van der Waals surface area contributed by atoms with Gasteiger partial charge in [-0.2, -0.15) is 0 Å². The first-order valence-corrected chi connectivity index (χ1v) is 17.1. The zero-order chi connectivity index (χ0) is 33.3. The van der Waals surface area contributed by atoms with E-state index < -0.39 is 29.1 Å². The fourth-order valence-electron chi connectivity index (χ4n) is 8.10. The topological polar surface area (TPSA) is 99.6 Å². The Bertz CT molecular complexity index is 1570. The van der Waals surface area contributed by atoms with Crippen LogP contribution in [0.15, 0.2) is 66.8 Å². The molecule has 1 N–H and O–H groups in total. The molecule has 2 aromatic rings. The quantitative estimate of drug-likeness (QED) is 0.270. The summed E-state index contributed by atoms with van der Waals surface area (Å²) in [6, 6.07) is 12.6. The Morgan fingerprint density at radius 2 is 1.57 bits per heavy atom. The van der Waals surface area contributed by atoms with Crippen LogP contribution in [0, 0.1) is 25.7 Å². The number of unbranched alkanes of at least 4 members (excludes halogenated alkanes) is 3. The predicted octanol–water partition coefficient (Wildman–Crippen LogP) is 5.12. The minimum Gasteiger partial charge on any atom is -0.494 e. The Labute approximate surface area is 277 Å². The highest BCUT2D eigenvalue weighted by atomic mass is 16.5. The van der Waals surface area contributed by atoms with E-state index >= 15 is 0 Å². The van der Waals surface area contributed by atoms with Crippen LogP contribution in [0.5, 0.6) is 5.75 Å². The van der Waals surface area contributed by atoms with Gasteiger partial charge in [0.15, 0.2) is 0 Å².